The third-order valence-corrected chi connectivity index (χ3v) is 7.99. The van der Waals surface area contributed by atoms with Crippen molar-refractivity contribution in [3.63, 3.8) is 0 Å². The van der Waals surface area contributed by atoms with E-state index in [1.807, 2.05) is 0 Å². The zero-order valence-electron chi connectivity index (χ0n) is 32.2. The van der Waals surface area contributed by atoms with Gasteiger partial charge in [-0.25, -0.2) is 4.57 Å². The molecule has 5 N–H and O–H groups in total. The molecule has 0 aliphatic carbocycles. The smallest absolute Gasteiger partial charge is 1.00 e. The standard InChI is InChI=1S/2C18H36O2.Mg.H3O4P.2H/c2*1-2-3-4-5-6-7-8-9-10-11-12-13-14-15-16-17-18(19)20;;1-5(2,3)4;;/h2*2-17H2,1H3,(H,19,20);;(H3,1,2,3,4);;/q;;+2;;2*-1. The molecular formula is C36H77MgO8P. The van der Waals surface area contributed by atoms with Gasteiger partial charge < -0.3 is 27.7 Å². The predicted octanol–water partition coefficient (Wildman–Crippen LogP) is 11.6. The zero-order valence-corrected chi connectivity index (χ0v) is 32.6. The molecule has 0 radical (unpaired) electrons. The summed E-state index contributed by atoms with van der Waals surface area (Å²) in [4.78, 5) is 42.2. The Morgan fingerprint density at radius 2 is 0.522 bits per heavy atom. The van der Waals surface area contributed by atoms with E-state index in [9.17, 15) is 9.59 Å². The van der Waals surface area contributed by atoms with Crippen LogP contribution in [0.15, 0.2) is 0 Å². The fraction of sp³-hybridized carbons (Fsp3) is 0.944. The first-order chi connectivity index (χ1) is 21.5. The average Bonchev–Trinajstić information content (AvgIpc) is 2.96. The summed E-state index contributed by atoms with van der Waals surface area (Å²) in [5.74, 6) is -1.31. The van der Waals surface area contributed by atoms with Crippen molar-refractivity contribution < 1.29 is 41.9 Å². The Labute approximate surface area is 303 Å². The van der Waals surface area contributed by atoms with E-state index in [1.54, 1.807) is 0 Å². The quantitative estimate of drug-likeness (QED) is 0.0265. The molecule has 0 fully saturated rings. The summed E-state index contributed by atoms with van der Waals surface area (Å²) in [5.41, 5.74) is 0. The number of hydrogen-bond donors (Lipinski definition) is 5. The second kappa shape index (κ2) is 44.8. The summed E-state index contributed by atoms with van der Waals surface area (Å²) in [6.07, 6.45) is 40.4. The Hall–Kier alpha value is -0.184. The normalized spacial score (nSPS) is 10.7. The van der Waals surface area contributed by atoms with Crippen molar-refractivity contribution in [3.8, 4) is 0 Å². The maximum Gasteiger partial charge on any atom is 2.00 e. The Morgan fingerprint density at radius 1 is 0.391 bits per heavy atom. The fourth-order valence-corrected chi connectivity index (χ4v) is 5.30. The molecule has 8 nitrogen and oxygen atoms in total. The molecule has 0 aliphatic heterocycles. The molecular weight excluding hydrogens is 616 g/mol. The van der Waals surface area contributed by atoms with Gasteiger partial charge in [-0.05, 0) is 12.8 Å². The summed E-state index contributed by atoms with van der Waals surface area (Å²) in [7, 11) is -4.64. The van der Waals surface area contributed by atoms with Crippen LogP contribution in [0.25, 0.3) is 0 Å². The minimum Gasteiger partial charge on any atom is -1.00 e. The van der Waals surface area contributed by atoms with Gasteiger partial charge >= 0.3 is 42.8 Å². The van der Waals surface area contributed by atoms with Gasteiger partial charge in [-0.1, -0.05) is 194 Å². The van der Waals surface area contributed by atoms with Crippen LogP contribution in [0.2, 0.25) is 0 Å². The van der Waals surface area contributed by atoms with Crippen LogP contribution in [0.3, 0.4) is 0 Å². The molecule has 0 unspecified atom stereocenters. The summed E-state index contributed by atoms with van der Waals surface area (Å²) in [5, 5.41) is 17.0. The molecule has 0 rings (SSSR count). The molecule has 0 spiro atoms. The average molecular weight is 693 g/mol. The Balaban J connectivity index is -0.000000152. The molecule has 46 heavy (non-hydrogen) atoms. The first-order valence-corrected chi connectivity index (χ1v) is 20.3. The van der Waals surface area contributed by atoms with Crippen LogP contribution in [0.5, 0.6) is 0 Å². The van der Waals surface area contributed by atoms with Gasteiger partial charge in [-0.2, -0.15) is 0 Å². The van der Waals surface area contributed by atoms with Gasteiger partial charge in [0.05, 0.1) is 0 Å². The zero-order chi connectivity index (χ0) is 34.3. The predicted molar refractivity (Wildman–Crippen MR) is 197 cm³/mol. The minimum absolute atomic E-state index is 0. The summed E-state index contributed by atoms with van der Waals surface area (Å²) in [6, 6.07) is 0. The van der Waals surface area contributed by atoms with Crippen LogP contribution in [0.4, 0.5) is 0 Å². The molecule has 0 aromatic heterocycles. The SMILES string of the molecule is CCCCCCCCCCCCCCCCCC(=O)O.CCCCCCCCCCCCCCCCCC(=O)O.O=P(O)(O)O.[H-].[H-].[Mg+2]. The topological polar surface area (TPSA) is 152 Å². The van der Waals surface area contributed by atoms with Crippen molar-refractivity contribution in [2.45, 2.75) is 219 Å². The number of rotatable bonds is 32. The van der Waals surface area contributed by atoms with Gasteiger partial charge in [-0.15, -0.1) is 0 Å². The number of carbonyl (C=O) groups is 2. The van der Waals surface area contributed by atoms with E-state index >= 15 is 0 Å². The van der Waals surface area contributed by atoms with Crippen molar-refractivity contribution >= 4 is 42.8 Å². The van der Waals surface area contributed by atoms with E-state index in [2.05, 4.69) is 13.8 Å². The number of aliphatic carboxylic acids is 2. The molecule has 0 aromatic carbocycles. The monoisotopic (exact) mass is 693 g/mol. The van der Waals surface area contributed by atoms with E-state index < -0.39 is 19.8 Å². The molecule has 10 heteroatoms. The number of unbranched alkanes of at least 4 members (excludes halogenated alkanes) is 28. The first kappa shape index (κ1) is 52.6. The molecule has 0 aliphatic rings. The van der Waals surface area contributed by atoms with E-state index in [0.29, 0.717) is 12.8 Å². The number of phosphoric acid groups is 1. The Kier molecular flexibility index (Phi) is 51.3. The van der Waals surface area contributed by atoms with Crippen LogP contribution in [0, 0.1) is 0 Å². The van der Waals surface area contributed by atoms with E-state index in [0.717, 1.165) is 25.7 Å². The second-order valence-corrected chi connectivity index (χ2v) is 13.7. The Morgan fingerprint density at radius 3 is 0.652 bits per heavy atom. The maximum atomic E-state index is 10.3. The fourth-order valence-electron chi connectivity index (χ4n) is 5.30. The van der Waals surface area contributed by atoms with E-state index in [4.69, 9.17) is 29.5 Å². The van der Waals surface area contributed by atoms with Crippen LogP contribution in [0.1, 0.15) is 222 Å². The van der Waals surface area contributed by atoms with Crippen LogP contribution in [-0.4, -0.2) is 59.9 Å². The maximum absolute atomic E-state index is 10.3. The molecule has 0 heterocycles. The third kappa shape index (κ3) is 70.2. The summed E-state index contributed by atoms with van der Waals surface area (Å²) in [6.45, 7) is 4.54. The largest absolute Gasteiger partial charge is 2.00 e. The molecule has 0 saturated carbocycles. The van der Waals surface area contributed by atoms with Crippen LogP contribution in [-0.2, 0) is 14.2 Å². The first-order valence-electron chi connectivity index (χ1n) is 18.8. The van der Waals surface area contributed by atoms with Gasteiger partial charge in [0, 0.05) is 12.8 Å². The van der Waals surface area contributed by atoms with E-state index in [1.165, 1.54) is 167 Å². The van der Waals surface area contributed by atoms with Crippen molar-refractivity contribution in [1.29, 1.82) is 0 Å². The van der Waals surface area contributed by atoms with Gasteiger partial charge in [0.1, 0.15) is 0 Å². The van der Waals surface area contributed by atoms with Gasteiger partial charge in [0.15, 0.2) is 0 Å². The molecule has 0 bridgehead atoms. The van der Waals surface area contributed by atoms with Gasteiger partial charge in [-0.3, -0.25) is 9.59 Å². The van der Waals surface area contributed by atoms with Crippen LogP contribution < -0.4 is 0 Å². The van der Waals surface area contributed by atoms with Gasteiger partial charge in [0.25, 0.3) is 0 Å². The van der Waals surface area contributed by atoms with Crippen LogP contribution >= 0.6 is 7.82 Å². The molecule has 0 atom stereocenters. The van der Waals surface area contributed by atoms with E-state index in [-0.39, 0.29) is 25.9 Å². The summed E-state index contributed by atoms with van der Waals surface area (Å²) < 4.78 is 8.88. The molecule has 276 valence electrons. The number of hydrogen-bond acceptors (Lipinski definition) is 3. The summed E-state index contributed by atoms with van der Waals surface area (Å²) >= 11 is 0. The third-order valence-electron chi connectivity index (χ3n) is 7.99. The van der Waals surface area contributed by atoms with Crippen molar-refractivity contribution in [2.24, 2.45) is 0 Å². The number of carboxylic acids is 2. The number of carboxylic acid groups (broad SMARTS) is 2. The van der Waals surface area contributed by atoms with Crippen molar-refractivity contribution in [2.75, 3.05) is 0 Å². The minimum atomic E-state index is -4.64. The molecule has 0 amide bonds. The molecule has 0 aromatic rings. The van der Waals surface area contributed by atoms with Crippen molar-refractivity contribution in [1.82, 2.24) is 0 Å². The second-order valence-electron chi connectivity index (χ2n) is 12.7. The Bertz CT molecular complexity index is 605. The van der Waals surface area contributed by atoms with Gasteiger partial charge in [0.2, 0.25) is 0 Å². The van der Waals surface area contributed by atoms with Crippen molar-refractivity contribution in [3.05, 3.63) is 0 Å². The molecule has 0 saturated heterocycles.